The Balaban J connectivity index is 1.66. The minimum atomic E-state index is -0.658. The van der Waals surface area contributed by atoms with Crippen molar-refractivity contribution in [1.82, 2.24) is 10.2 Å². The minimum absolute atomic E-state index is 0.0274. The van der Waals surface area contributed by atoms with E-state index in [0.717, 1.165) is 15.7 Å². The molecule has 1 fully saturated rings. The summed E-state index contributed by atoms with van der Waals surface area (Å²) in [6.07, 6.45) is 1.53. The molecule has 9 heteroatoms. The van der Waals surface area contributed by atoms with Crippen LogP contribution in [0, 0.1) is 11.3 Å². The highest BCUT2D eigenvalue weighted by Crippen LogP contribution is 2.31. The van der Waals surface area contributed by atoms with Crippen LogP contribution in [-0.2, 0) is 16.1 Å². The zero-order valence-electron chi connectivity index (χ0n) is 17.0. The van der Waals surface area contributed by atoms with Crippen molar-refractivity contribution in [3.8, 4) is 11.8 Å². The molecule has 0 bridgehead atoms. The number of fused-ring (bicyclic) bond motifs is 1. The highest BCUT2D eigenvalue weighted by atomic mass is 16.5. The number of rotatable bonds is 6. The lowest BCUT2D eigenvalue weighted by molar-refractivity contribution is -0.123. The summed E-state index contributed by atoms with van der Waals surface area (Å²) in [6.45, 7) is -0.325. The normalized spacial score (nSPS) is 14.5. The second kappa shape index (κ2) is 8.65. The third-order valence-electron chi connectivity index (χ3n) is 4.84. The summed E-state index contributed by atoms with van der Waals surface area (Å²) in [5, 5.41) is 13.1. The molecule has 0 saturated carbocycles. The van der Waals surface area contributed by atoms with Crippen molar-refractivity contribution in [2.75, 3.05) is 13.7 Å². The van der Waals surface area contributed by atoms with E-state index in [1.54, 1.807) is 6.07 Å². The van der Waals surface area contributed by atoms with Crippen LogP contribution in [0.15, 0.2) is 58.6 Å². The van der Waals surface area contributed by atoms with Crippen molar-refractivity contribution in [1.29, 1.82) is 5.26 Å². The second-order valence-electron chi connectivity index (χ2n) is 6.78. The monoisotopic (exact) mass is 431 g/mol. The lowest BCUT2D eigenvalue weighted by atomic mass is 10.0. The van der Waals surface area contributed by atoms with Gasteiger partial charge in [-0.1, -0.05) is 30.3 Å². The van der Waals surface area contributed by atoms with Crippen molar-refractivity contribution in [2.24, 2.45) is 0 Å². The standard InChI is InChI=1S/C23H17N3O6/c1-30-22(28)20-9-7-15(32-20)13-26-21(27)18(25-23(26)29)12-17-16-5-3-2-4-14(16)6-8-19(17)31-11-10-24/h2-9,12H,11,13H2,1H3,(H,25,29). The molecular formula is C23H17N3O6. The quantitative estimate of drug-likeness (QED) is 0.361. The molecule has 0 spiro atoms. The summed E-state index contributed by atoms with van der Waals surface area (Å²) in [6, 6.07) is 15.2. The van der Waals surface area contributed by atoms with Gasteiger partial charge in [0.1, 0.15) is 23.3 Å². The maximum Gasteiger partial charge on any atom is 0.373 e. The molecule has 3 amide bonds. The first-order chi connectivity index (χ1) is 15.5. The maximum atomic E-state index is 12.9. The molecule has 3 aromatic rings. The lowest BCUT2D eigenvalue weighted by Crippen LogP contribution is -2.30. The van der Waals surface area contributed by atoms with Gasteiger partial charge in [-0.15, -0.1) is 0 Å². The van der Waals surface area contributed by atoms with E-state index in [2.05, 4.69) is 10.1 Å². The van der Waals surface area contributed by atoms with Gasteiger partial charge < -0.3 is 19.2 Å². The Morgan fingerprint density at radius 1 is 1.19 bits per heavy atom. The number of carbonyl (C=O) groups is 3. The first kappa shape index (κ1) is 20.7. The fraction of sp³-hybridized carbons (Fsp3) is 0.130. The first-order valence-electron chi connectivity index (χ1n) is 9.55. The largest absolute Gasteiger partial charge is 0.478 e. The number of imide groups is 1. The van der Waals surface area contributed by atoms with Crippen LogP contribution in [0.3, 0.4) is 0 Å². The Labute approximate surface area is 182 Å². The summed E-state index contributed by atoms with van der Waals surface area (Å²) < 4.78 is 15.5. The Kier molecular flexibility index (Phi) is 5.59. The number of furan rings is 1. The van der Waals surface area contributed by atoms with Gasteiger partial charge in [0.05, 0.1) is 13.7 Å². The van der Waals surface area contributed by atoms with Crippen LogP contribution in [0.25, 0.3) is 16.8 Å². The van der Waals surface area contributed by atoms with Gasteiger partial charge in [-0.3, -0.25) is 9.69 Å². The molecule has 1 aliphatic heterocycles. The van der Waals surface area contributed by atoms with Crippen molar-refractivity contribution < 1.29 is 28.3 Å². The molecule has 1 aromatic heterocycles. The third-order valence-corrected chi connectivity index (χ3v) is 4.84. The smallest absolute Gasteiger partial charge is 0.373 e. The van der Waals surface area contributed by atoms with E-state index in [1.807, 2.05) is 36.4 Å². The van der Waals surface area contributed by atoms with Crippen LogP contribution in [0.2, 0.25) is 0 Å². The van der Waals surface area contributed by atoms with Gasteiger partial charge in [0.2, 0.25) is 5.76 Å². The number of amides is 3. The fourth-order valence-corrected chi connectivity index (χ4v) is 3.35. The van der Waals surface area contributed by atoms with E-state index < -0.39 is 17.9 Å². The molecule has 2 aromatic carbocycles. The van der Waals surface area contributed by atoms with E-state index >= 15 is 0 Å². The number of nitrogens with one attached hydrogen (secondary N) is 1. The Hall–Kier alpha value is -4.58. The number of carbonyl (C=O) groups excluding carboxylic acids is 3. The van der Waals surface area contributed by atoms with Gasteiger partial charge in [-0.05, 0) is 35.0 Å². The summed E-state index contributed by atoms with van der Waals surface area (Å²) in [5.74, 6) is -0.592. The van der Waals surface area contributed by atoms with E-state index in [0.29, 0.717) is 11.3 Å². The predicted octanol–water partition coefficient (Wildman–Crippen LogP) is 3.21. The zero-order valence-corrected chi connectivity index (χ0v) is 17.0. The fourth-order valence-electron chi connectivity index (χ4n) is 3.35. The lowest BCUT2D eigenvalue weighted by Gasteiger charge is -2.11. The SMILES string of the molecule is COC(=O)c1ccc(CN2C(=O)NC(=Cc3c(OCC#N)ccc4ccccc34)C2=O)o1. The minimum Gasteiger partial charge on any atom is -0.478 e. The van der Waals surface area contributed by atoms with Gasteiger partial charge >= 0.3 is 12.0 Å². The predicted molar refractivity (Wildman–Crippen MR) is 112 cm³/mol. The summed E-state index contributed by atoms with van der Waals surface area (Å²) in [4.78, 5) is 37.9. The first-order valence-corrected chi connectivity index (χ1v) is 9.55. The molecule has 1 N–H and O–H groups in total. The molecule has 9 nitrogen and oxygen atoms in total. The maximum absolute atomic E-state index is 12.9. The Morgan fingerprint density at radius 3 is 2.78 bits per heavy atom. The molecule has 0 radical (unpaired) electrons. The molecule has 2 heterocycles. The van der Waals surface area contributed by atoms with Gasteiger partial charge in [-0.2, -0.15) is 5.26 Å². The summed E-state index contributed by atoms with van der Waals surface area (Å²) in [5.41, 5.74) is 0.614. The van der Waals surface area contributed by atoms with Gasteiger partial charge in [0.15, 0.2) is 6.61 Å². The molecule has 0 aliphatic carbocycles. The van der Waals surface area contributed by atoms with Crippen LogP contribution in [0.4, 0.5) is 4.79 Å². The van der Waals surface area contributed by atoms with Crippen LogP contribution in [0.5, 0.6) is 5.75 Å². The number of esters is 1. The van der Waals surface area contributed by atoms with Crippen LogP contribution in [-0.4, -0.2) is 36.5 Å². The van der Waals surface area contributed by atoms with E-state index in [-0.39, 0.29) is 30.4 Å². The Morgan fingerprint density at radius 2 is 2.00 bits per heavy atom. The zero-order chi connectivity index (χ0) is 22.7. The number of urea groups is 1. The number of hydrogen-bond donors (Lipinski definition) is 1. The molecule has 0 unspecified atom stereocenters. The average Bonchev–Trinajstić information content (AvgIpc) is 3.38. The number of nitriles is 1. The summed E-state index contributed by atoms with van der Waals surface area (Å²) >= 11 is 0. The third kappa shape index (κ3) is 3.89. The number of ether oxygens (including phenoxy) is 2. The van der Waals surface area contributed by atoms with Gasteiger partial charge in [0.25, 0.3) is 5.91 Å². The molecule has 160 valence electrons. The van der Waals surface area contributed by atoms with Crippen LogP contribution >= 0.6 is 0 Å². The molecular weight excluding hydrogens is 414 g/mol. The van der Waals surface area contributed by atoms with Crippen molar-refractivity contribution >= 4 is 34.8 Å². The number of nitrogens with zero attached hydrogens (tertiary/aromatic N) is 2. The molecule has 1 aliphatic rings. The number of methoxy groups -OCH3 is 1. The second-order valence-corrected chi connectivity index (χ2v) is 6.78. The van der Waals surface area contributed by atoms with Gasteiger partial charge in [-0.25, -0.2) is 9.59 Å². The van der Waals surface area contributed by atoms with E-state index in [1.165, 1.54) is 25.3 Å². The highest BCUT2D eigenvalue weighted by molar-refractivity contribution is 6.14. The van der Waals surface area contributed by atoms with Crippen molar-refractivity contribution in [3.63, 3.8) is 0 Å². The number of benzene rings is 2. The van der Waals surface area contributed by atoms with Crippen molar-refractivity contribution in [2.45, 2.75) is 6.54 Å². The molecule has 4 rings (SSSR count). The molecule has 1 saturated heterocycles. The average molecular weight is 431 g/mol. The number of hydrogen-bond acceptors (Lipinski definition) is 7. The van der Waals surface area contributed by atoms with Crippen LogP contribution < -0.4 is 10.1 Å². The van der Waals surface area contributed by atoms with Crippen molar-refractivity contribution in [3.05, 3.63) is 71.3 Å². The highest BCUT2D eigenvalue weighted by Gasteiger charge is 2.34. The molecule has 0 atom stereocenters. The van der Waals surface area contributed by atoms with Gasteiger partial charge in [0, 0.05) is 5.56 Å². The van der Waals surface area contributed by atoms with E-state index in [4.69, 9.17) is 14.4 Å². The Bertz CT molecular complexity index is 1300. The van der Waals surface area contributed by atoms with E-state index in [9.17, 15) is 14.4 Å². The molecule has 32 heavy (non-hydrogen) atoms. The topological polar surface area (TPSA) is 122 Å². The van der Waals surface area contributed by atoms with Crippen LogP contribution in [0.1, 0.15) is 21.9 Å². The summed E-state index contributed by atoms with van der Waals surface area (Å²) in [7, 11) is 1.22.